The maximum atomic E-state index is 12.9. The average molecular weight is 531 g/mol. The third kappa shape index (κ3) is 4.81. The molecule has 5 rings (SSSR count). The minimum absolute atomic E-state index is 0.383. The molecular weight excluding hydrogens is 505 g/mol. The van der Waals surface area contributed by atoms with Gasteiger partial charge in [0.25, 0.3) is 0 Å². The molecule has 0 saturated carbocycles. The van der Waals surface area contributed by atoms with E-state index in [4.69, 9.17) is 0 Å². The van der Waals surface area contributed by atoms with Gasteiger partial charge >= 0.3 is 213 Å². The molecule has 0 unspecified atom stereocenters. The molecule has 0 saturated heterocycles. The van der Waals surface area contributed by atoms with Crippen LogP contribution in [0, 0.1) is 0 Å². The van der Waals surface area contributed by atoms with Gasteiger partial charge in [-0.1, -0.05) is 0 Å². The summed E-state index contributed by atoms with van der Waals surface area (Å²) in [6, 6.07) is 41.4. The number of aromatic nitrogens is 2. The average Bonchev–Trinajstić information content (AvgIpc) is 2.94. The zero-order chi connectivity index (χ0) is 24.8. The van der Waals surface area contributed by atoms with Gasteiger partial charge in [0.1, 0.15) is 0 Å². The fourth-order valence-corrected chi connectivity index (χ4v) is 13.4. The number of hydrogen-bond donors (Lipinski definition) is 1. The van der Waals surface area contributed by atoms with E-state index in [2.05, 4.69) is 82.7 Å². The molecule has 0 bridgehead atoms. The van der Waals surface area contributed by atoms with E-state index in [1.807, 2.05) is 54.6 Å². The molecule has 4 nitrogen and oxygen atoms in total. The van der Waals surface area contributed by atoms with Crippen LogP contribution in [0.3, 0.4) is 0 Å². The minimum atomic E-state index is -3.36. The fraction of sp³-hybridized carbons (Fsp3) is 0.0323. The summed E-state index contributed by atoms with van der Waals surface area (Å²) in [5, 5.41) is 0. The Hall–Kier alpha value is -4.16. The maximum absolute atomic E-state index is 12.9. The van der Waals surface area contributed by atoms with Gasteiger partial charge in [0.2, 0.25) is 0 Å². The Bertz CT molecular complexity index is 1480. The van der Waals surface area contributed by atoms with Crippen molar-refractivity contribution in [2.24, 2.45) is 0 Å². The van der Waals surface area contributed by atoms with Crippen LogP contribution in [0.2, 0.25) is 0 Å². The molecule has 0 spiro atoms. The van der Waals surface area contributed by atoms with Gasteiger partial charge in [0.05, 0.1) is 0 Å². The summed E-state index contributed by atoms with van der Waals surface area (Å²) in [6.07, 6.45) is 3.57. The van der Waals surface area contributed by atoms with Crippen LogP contribution < -0.4 is 24.4 Å². The number of aromatic amines is 1. The van der Waals surface area contributed by atoms with Crippen LogP contribution in [0.25, 0.3) is 6.08 Å². The molecule has 0 amide bonds. The number of hydrogen-bond acceptors (Lipinski definition) is 2. The first kappa shape index (κ1) is 23.6. The van der Waals surface area contributed by atoms with E-state index in [0.29, 0.717) is 12.1 Å². The molecule has 1 aromatic heterocycles. The second-order valence-electron chi connectivity index (χ2n) is 8.70. The third-order valence-electron chi connectivity index (χ3n) is 6.43. The molecule has 0 fully saturated rings. The molecule has 0 aliphatic heterocycles. The monoisotopic (exact) mass is 532 g/mol. The van der Waals surface area contributed by atoms with E-state index in [9.17, 15) is 9.59 Å². The molecule has 4 aromatic carbocycles. The summed E-state index contributed by atoms with van der Waals surface area (Å²) in [6.45, 7) is 0.389. The molecule has 5 heteroatoms. The molecule has 0 radical (unpaired) electrons. The van der Waals surface area contributed by atoms with Crippen molar-refractivity contribution in [3.8, 4) is 0 Å². The van der Waals surface area contributed by atoms with Crippen LogP contribution in [0.5, 0.6) is 0 Å². The Morgan fingerprint density at radius 3 is 1.56 bits per heavy atom. The van der Waals surface area contributed by atoms with Crippen LogP contribution in [0.1, 0.15) is 11.1 Å². The van der Waals surface area contributed by atoms with E-state index >= 15 is 0 Å². The Balaban J connectivity index is 1.68. The van der Waals surface area contributed by atoms with E-state index in [0.717, 1.165) is 5.56 Å². The van der Waals surface area contributed by atoms with Crippen LogP contribution in [0.15, 0.2) is 142 Å². The Kier molecular flexibility index (Phi) is 6.96. The van der Waals surface area contributed by atoms with Gasteiger partial charge in [0.15, 0.2) is 0 Å². The standard InChI is InChI=1S/C31H26GeN2O2/c35-30-26(24-34(31(36)33-30)23-25-13-5-1-6-14-25)21-22-32(27-15-7-2-8-16-27,28-17-9-3-10-18-28)29-19-11-4-12-20-29/h1-22,24H,23H2,(H,33,35,36)/b22-21-. The Morgan fingerprint density at radius 2 is 1.08 bits per heavy atom. The Morgan fingerprint density at radius 1 is 0.639 bits per heavy atom. The van der Waals surface area contributed by atoms with E-state index in [1.165, 1.54) is 13.2 Å². The van der Waals surface area contributed by atoms with Crippen LogP contribution in [0.4, 0.5) is 0 Å². The van der Waals surface area contributed by atoms with Crippen molar-refractivity contribution in [3.63, 3.8) is 0 Å². The number of nitrogens with one attached hydrogen (secondary N) is 1. The first-order chi connectivity index (χ1) is 17.7. The number of rotatable bonds is 7. The van der Waals surface area contributed by atoms with Gasteiger partial charge in [-0.25, -0.2) is 0 Å². The SMILES string of the molecule is O=c1[nH]c(=O)n(Cc2ccccc2)cc1/C=[CH]\[Ge]([c]1ccccc1)([c]1ccccc1)[c]1ccccc1. The van der Waals surface area contributed by atoms with Crippen molar-refractivity contribution >= 4 is 32.5 Å². The van der Waals surface area contributed by atoms with Gasteiger partial charge in [0, 0.05) is 0 Å². The quantitative estimate of drug-likeness (QED) is 0.328. The van der Waals surface area contributed by atoms with Gasteiger partial charge in [-0.15, -0.1) is 0 Å². The molecule has 36 heavy (non-hydrogen) atoms. The van der Waals surface area contributed by atoms with Crippen LogP contribution in [-0.4, -0.2) is 22.8 Å². The zero-order valence-corrected chi connectivity index (χ0v) is 21.8. The molecule has 1 N–H and O–H groups in total. The third-order valence-corrected chi connectivity index (χ3v) is 15.7. The number of nitrogens with zero attached hydrogens (tertiary/aromatic N) is 1. The summed E-state index contributed by atoms with van der Waals surface area (Å²) in [7, 11) is 0. The van der Waals surface area contributed by atoms with Crippen molar-refractivity contribution in [2.45, 2.75) is 6.54 Å². The van der Waals surface area contributed by atoms with Gasteiger partial charge < -0.3 is 0 Å². The van der Waals surface area contributed by atoms with Crippen molar-refractivity contribution in [3.05, 3.63) is 164 Å². The first-order valence-corrected chi connectivity index (χ1v) is 16.3. The molecule has 0 aliphatic carbocycles. The molecule has 5 aromatic rings. The number of H-pyrrole nitrogens is 1. The second kappa shape index (κ2) is 10.6. The molecular formula is C31H26GeN2O2. The predicted octanol–water partition coefficient (Wildman–Crippen LogP) is 3.31. The van der Waals surface area contributed by atoms with Gasteiger partial charge in [-0.2, -0.15) is 0 Å². The molecule has 0 aliphatic rings. The zero-order valence-electron chi connectivity index (χ0n) is 19.7. The van der Waals surface area contributed by atoms with Crippen molar-refractivity contribution < 1.29 is 0 Å². The normalized spacial score (nSPS) is 11.6. The Labute approximate surface area is 212 Å². The van der Waals surface area contributed by atoms with E-state index < -0.39 is 19.0 Å². The van der Waals surface area contributed by atoms with E-state index in [-0.39, 0.29) is 5.56 Å². The van der Waals surface area contributed by atoms with E-state index in [1.54, 1.807) is 10.8 Å². The summed E-state index contributed by atoms with van der Waals surface area (Å²) in [4.78, 5) is 30.2. The molecule has 1 heterocycles. The topological polar surface area (TPSA) is 54.9 Å². The fourth-order valence-electron chi connectivity index (χ4n) is 4.65. The number of benzene rings is 4. The predicted molar refractivity (Wildman–Crippen MR) is 150 cm³/mol. The first-order valence-electron chi connectivity index (χ1n) is 11.9. The summed E-state index contributed by atoms with van der Waals surface area (Å²) < 4.78 is 5.35. The molecule has 176 valence electrons. The van der Waals surface area contributed by atoms with Crippen molar-refractivity contribution in [1.82, 2.24) is 9.55 Å². The van der Waals surface area contributed by atoms with Gasteiger partial charge in [-0.3, -0.25) is 0 Å². The van der Waals surface area contributed by atoms with Crippen LogP contribution in [-0.2, 0) is 6.54 Å². The second-order valence-corrected chi connectivity index (χ2v) is 16.4. The van der Waals surface area contributed by atoms with Crippen LogP contribution >= 0.6 is 0 Å². The van der Waals surface area contributed by atoms with Crippen molar-refractivity contribution in [2.75, 3.05) is 0 Å². The van der Waals surface area contributed by atoms with Crippen molar-refractivity contribution in [1.29, 1.82) is 0 Å². The summed E-state index contributed by atoms with van der Waals surface area (Å²) in [5.41, 5.74) is 0.656. The summed E-state index contributed by atoms with van der Waals surface area (Å²) in [5.74, 6) is 0. The molecule has 0 atom stereocenters. The summed E-state index contributed by atoms with van der Waals surface area (Å²) >= 11 is -3.36. The van der Waals surface area contributed by atoms with Gasteiger partial charge in [-0.05, 0) is 0 Å².